The van der Waals surface area contributed by atoms with Crippen LogP contribution in [0.2, 0.25) is 0 Å². The highest BCUT2D eigenvalue weighted by molar-refractivity contribution is 7.71. The van der Waals surface area contributed by atoms with Crippen LogP contribution in [0, 0.1) is 4.64 Å². The van der Waals surface area contributed by atoms with Gasteiger partial charge in [-0.3, -0.25) is 0 Å². The fourth-order valence-corrected chi connectivity index (χ4v) is 2.90. The van der Waals surface area contributed by atoms with E-state index in [0.29, 0.717) is 0 Å². The molecule has 0 atom stereocenters. The summed E-state index contributed by atoms with van der Waals surface area (Å²) in [4.78, 5) is 6.78. The van der Waals surface area contributed by atoms with Crippen LogP contribution in [0.15, 0.2) is 48.5 Å². The third-order valence-electron chi connectivity index (χ3n) is 3.38. The summed E-state index contributed by atoms with van der Waals surface area (Å²) in [5.41, 5.74) is 3.32. The van der Waals surface area contributed by atoms with Gasteiger partial charge in [-0.1, -0.05) is 48.6 Å². The SMILES string of the molecule is S=c1[nH]c2ccccc2c2[nH]c3ccccc3c12. The maximum Gasteiger partial charge on any atom is 0.113 e. The average Bonchev–Trinajstić information content (AvgIpc) is 2.79. The molecule has 2 nitrogen and oxygen atoms in total. The first kappa shape index (κ1) is 9.85. The number of nitrogens with one attached hydrogen (secondary N) is 2. The van der Waals surface area contributed by atoms with E-state index in [0.717, 1.165) is 26.6 Å². The molecule has 2 heterocycles. The molecule has 0 radical (unpaired) electrons. The summed E-state index contributed by atoms with van der Waals surface area (Å²) in [6.45, 7) is 0. The largest absolute Gasteiger partial charge is 0.354 e. The second kappa shape index (κ2) is 3.43. The Morgan fingerprint density at radius 3 is 2.11 bits per heavy atom. The molecular weight excluding hydrogens is 240 g/mol. The number of aromatic amines is 2. The van der Waals surface area contributed by atoms with E-state index < -0.39 is 0 Å². The summed E-state index contributed by atoms with van der Waals surface area (Å²) >= 11 is 5.49. The normalized spacial score (nSPS) is 11.6. The molecule has 0 aliphatic heterocycles. The van der Waals surface area contributed by atoms with E-state index in [-0.39, 0.29) is 0 Å². The van der Waals surface area contributed by atoms with Crippen LogP contribution in [0.1, 0.15) is 0 Å². The summed E-state index contributed by atoms with van der Waals surface area (Å²) in [6.07, 6.45) is 0. The minimum absolute atomic E-state index is 0.793. The number of H-pyrrole nitrogens is 2. The van der Waals surface area contributed by atoms with Crippen molar-refractivity contribution in [2.45, 2.75) is 0 Å². The molecule has 2 N–H and O–H groups in total. The van der Waals surface area contributed by atoms with Gasteiger partial charge in [0.1, 0.15) is 4.64 Å². The second-order valence-electron chi connectivity index (χ2n) is 4.42. The van der Waals surface area contributed by atoms with Crippen LogP contribution < -0.4 is 0 Å². The monoisotopic (exact) mass is 250 g/mol. The Kier molecular flexibility index (Phi) is 1.88. The van der Waals surface area contributed by atoms with E-state index in [1.807, 2.05) is 24.3 Å². The minimum atomic E-state index is 0.793. The first-order valence-corrected chi connectivity index (χ1v) is 6.27. The number of benzene rings is 2. The number of hydrogen-bond acceptors (Lipinski definition) is 1. The van der Waals surface area contributed by atoms with Crippen molar-refractivity contribution in [3.05, 3.63) is 53.2 Å². The number of pyridine rings is 1. The maximum atomic E-state index is 5.49. The minimum Gasteiger partial charge on any atom is -0.354 e. The lowest BCUT2D eigenvalue weighted by atomic mass is 10.1. The van der Waals surface area contributed by atoms with Crippen LogP contribution in [0.25, 0.3) is 32.7 Å². The van der Waals surface area contributed by atoms with Gasteiger partial charge in [0.25, 0.3) is 0 Å². The van der Waals surface area contributed by atoms with Crippen LogP contribution in [-0.4, -0.2) is 9.97 Å². The average molecular weight is 250 g/mol. The van der Waals surface area contributed by atoms with Crippen molar-refractivity contribution in [1.82, 2.24) is 9.97 Å². The molecule has 0 aliphatic carbocycles. The Morgan fingerprint density at radius 1 is 0.722 bits per heavy atom. The summed E-state index contributed by atoms with van der Waals surface area (Å²) in [6, 6.07) is 16.5. The van der Waals surface area contributed by atoms with Crippen LogP contribution in [0.4, 0.5) is 0 Å². The van der Waals surface area contributed by atoms with Crippen LogP contribution >= 0.6 is 12.2 Å². The van der Waals surface area contributed by atoms with Gasteiger partial charge >= 0.3 is 0 Å². The lowest BCUT2D eigenvalue weighted by Crippen LogP contribution is -1.81. The number of aromatic nitrogens is 2. The fraction of sp³-hybridized carbons (Fsp3) is 0. The topological polar surface area (TPSA) is 31.6 Å². The summed E-state index contributed by atoms with van der Waals surface area (Å²) in [7, 11) is 0. The summed E-state index contributed by atoms with van der Waals surface area (Å²) in [5, 5.41) is 3.47. The van der Waals surface area contributed by atoms with Crippen LogP contribution in [0.5, 0.6) is 0 Å². The molecular formula is C15H10N2S. The van der Waals surface area contributed by atoms with Crippen molar-refractivity contribution in [2.75, 3.05) is 0 Å². The van der Waals surface area contributed by atoms with E-state index in [1.165, 1.54) is 10.8 Å². The Labute approximate surface area is 108 Å². The van der Waals surface area contributed by atoms with Gasteiger partial charge in [0, 0.05) is 27.2 Å². The van der Waals surface area contributed by atoms with Gasteiger partial charge < -0.3 is 9.97 Å². The zero-order valence-corrected chi connectivity index (χ0v) is 10.3. The molecule has 86 valence electrons. The molecule has 0 saturated heterocycles. The molecule has 18 heavy (non-hydrogen) atoms. The van der Waals surface area contributed by atoms with E-state index in [9.17, 15) is 0 Å². The zero-order valence-electron chi connectivity index (χ0n) is 9.53. The van der Waals surface area contributed by atoms with E-state index in [2.05, 4.69) is 34.2 Å². The Hall–Kier alpha value is -2.13. The number of para-hydroxylation sites is 2. The highest BCUT2D eigenvalue weighted by Gasteiger charge is 2.08. The zero-order chi connectivity index (χ0) is 12.1. The van der Waals surface area contributed by atoms with Crippen molar-refractivity contribution in [3.8, 4) is 0 Å². The predicted octanol–water partition coefficient (Wildman–Crippen LogP) is 4.53. The van der Waals surface area contributed by atoms with Gasteiger partial charge in [0.2, 0.25) is 0 Å². The molecule has 0 saturated carbocycles. The molecule has 4 rings (SSSR count). The van der Waals surface area contributed by atoms with Crippen molar-refractivity contribution in [3.63, 3.8) is 0 Å². The molecule has 2 aromatic carbocycles. The van der Waals surface area contributed by atoms with E-state index in [4.69, 9.17) is 12.2 Å². The number of fused-ring (bicyclic) bond motifs is 5. The maximum absolute atomic E-state index is 5.49. The van der Waals surface area contributed by atoms with Crippen molar-refractivity contribution >= 4 is 44.9 Å². The molecule has 4 aromatic rings. The molecule has 0 bridgehead atoms. The molecule has 0 unspecified atom stereocenters. The molecule has 3 heteroatoms. The van der Waals surface area contributed by atoms with Gasteiger partial charge in [-0.25, -0.2) is 0 Å². The van der Waals surface area contributed by atoms with Crippen LogP contribution in [-0.2, 0) is 0 Å². The third kappa shape index (κ3) is 1.19. The van der Waals surface area contributed by atoms with Crippen LogP contribution in [0.3, 0.4) is 0 Å². The Morgan fingerprint density at radius 2 is 1.33 bits per heavy atom. The molecule has 0 fully saturated rings. The molecule has 0 spiro atoms. The smallest absolute Gasteiger partial charge is 0.113 e. The van der Waals surface area contributed by atoms with Gasteiger partial charge in [-0.15, -0.1) is 0 Å². The lowest BCUT2D eigenvalue weighted by Gasteiger charge is -2.00. The van der Waals surface area contributed by atoms with Gasteiger partial charge in [0.05, 0.1) is 5.52 Å². The first-order chi connectivity index (χ1) is 8.84. The Balaban J connectivity index is 2.42. The van der Waals surface area contributed by atoms with Gasteiger partial charge in [-0.05, 0) is 12.1 Å². The third-order valence-corrected chi connectivity index (χ3v) is 3.68. The quantitative estimate of drug-likeness (QED) is 0.441. The number of rotatable bonds is 0. The van der Waals surface area contributed by atoms with Crippen molar-refractivity contribution in [2.24, 2.45) is 0 Å². The molecule has 0 amide bonds. The summed E-state index contributed by atoms with van der Waals surface area (Å²) in [5.74, 6) is 0. The van der Waals surface area contributed by atoms with Gasteiger partial charge in [0.15, 0.2) is 0 Å². The predicted molar refractivity (Wildman–Crippen MR) is 78.5 cm³/mol. The van der Waals surface area contributed by atoms with E-state index >= 15 is 0 Å². The van der Waals surface area contributed by atoms with E-state index in [1.54, 1.807) is 0 Å². The second-order valence-corrected chi connectivity index (χ2v) is 4.83. The van der Waals surface area contributed by atoms with Gasteiger partial charge in [-0.2, -0.15) is 0 Å². The molecule has 0 aliphatic rings. The highest BCUT2D eigenvalue weighted by atomic mass is 32.1. The van der Waals surface area contributed by atoms with Crippen molar-refractivity contribution in [1.29, 1.82) is 0 Å². The standard InChI is InChI=1S/C15H10N2S/c18-15-13-9-5-1-3-7-11(9)16-14(13)10-6-2-4-8-12(10)17-15/h1-8,16H,(H,17,18). The first-order valence-electron chi connectivity index (χ1n) is 5.86. The molecule has 2 aromatic heterocycles. The summed E-state index contributed by atoms with van der Waals surface area (Å²) < 4.78 is 0.793. The fourth-order valence-electron chi connectivity index (χ4n) is 2.57. The highest BCUT2D eigenvalue weighted by Crippen LogP contribution is 2.30. The Bertz CT molecular complexity index is 947. The van der Waals surface area contributed by atoms with Crippen molar-refractivity contribution < 1.29 is 0 Å². The number of hydrogen-bond donors (Lipinski definition) is 2. The lowest BCUT2D eigenvalue weighted by molar-refractivity contribution is 1.41.